The number of benzene rings is 1. The van der Waals surface area contributed by atoms with Crippen molar-refractivity contribution in [2.24, 2.45) is 5.92 Å². The van der Waals surface area contributed by atoms with Crippen LogP contribution in [0.15, 0.2) is 42.1 Å². The Balaban J connectivity index is 1.17. The van der Waals surface area contributed by atoms with Crippen LogP contribution >= 0.6 is 0 Å². The molecule has 8 heteroatoms. The Labute approximate surface area is 199 Å². The quantitative estimate of drug-likeness (QED) is 0.684. The molecule has 0 bridgehead atoms. The second-order valence-corrected chi connectivity index (χ2v) is 9.97. The topological polar surface area (TPSA) is 93.2 Å². The lowest BCUT2D eigenvalue weighted by Gasteiger charge is -2.35. The number of carbonyl (C=O) groups excluding carboxylic acids is 3. The van der Waals surface area contributed by atoms with Crippen LogP contribution in [0.2, 0.25) is 0 Å². The maximum absolute atomic E-state index is 13.0. The Hall–Kier alpha value is -2.97. The van der Waals surface area contributed by atoms with Gasteiger partial charge < -0.3 is 25.1 Å². The van der Waals surface area contributed by atoms with Gasteiger partial charge in [-0.25, -0.2) is 0 Å². The van der Waals surface area contributed by atoms with Crippen molar-refractivity contribution >= 4 is 23.3 Å². The van der Waals surface area contributed by atoms with Gasteiger partial charge in [-0.05, 0) is 62.1 Å². The summed E-state index contributed by atoms with van der Waals surface area (Å²) in [5.74, 6) is -0.0765. The van der Waals surface area contributed by atoms with E-state index in [1.807, 2.05) is 37.4 Å². The molecule has 0 spiro atoms. The van der Waals surface area contributed by atoms with Gasteiger partial charge in [0.05, 0.1) is 5.92 Å². The summed E-state index contributed by atoms with van der Waals surface area (Å²) in [7, 11) is 2.01. The van der Waals surface area contributed by atoms with Gasteiger partial charge in [-0.3, -0.25) is 14.4 Å². The first-order valence-corrected chi connectivity index (χ1v) is 12.1. The van der Waals surface area contributed by atoms with Crippen LogP contribution in [0.5, 0.6) is 0 Å². The van der Waals surface area contributed by atoms with E-state index in [9.17, 15) is 19.5 Å². The van der Waals surface area contributed by atoms with Gasteiger partial charge in [0, 0.05) is 50.5 Å². The smallest absolute Gasteiger partial charge is 0.254 e. The number of allylic oxidation sites excluding steroid dienone is 4. The van der Waals surface area contributed by atoms with E-state index in [2.05, 4.69) is 16.3 Å². The third kappa shape index (κ3) is 4.65. The molecular formula is C26H32N4O4. The lowest BCUT2D eigenvalue weighted by Crippen LogP contribution is -2.53. The third-order valence-corrected chi connectivity index (χ3v) is 7.27. The summed E-state index contributed by atoms with van der Waals surface area (Å²) in [4.78, 5) is 43.2. The molecule has 4 aliphatic rings. The van der Waals surface area contributed by atoms with Crippen molar-refractivity contribution < 1.29 is 19.5 Å². The van der Waals surface area contributed by atoms with E-state index in [4.69, 9.17) is 0 Å². The number of rotatable bonds is 5. The molecule has 2 aliphatic carbocycles. The molecule has 2 heterocycles. The zero-order chi connectivity index (χ0) is 23.9. The minimum Gasteiger partial charge on any atom is -0.380 e. The SMILES string of the molecule is CN1CC(C(=O)NC2=CC(c3ccc(C(=O)N4CCN(C(=O)C5(O)CC5)CC4)cc3)=CCC2)C1. The van der Waals surface area contributed by atoms with Crippen molar-refractivity contribution in [2.75, 3.05) is 46.3 Å². The van der Waals surface area contributed by atoms with Gasteiger partial charge in [0.1, 0.15) is 5.60 Å². The Morgan fingerprint density at radius 1 is 1.00 bits per heavy atom. The largest absolute Gasteiger partial charge is 0.380 e. The van der Waals surface area contributed by atoms with Gasteiger partial charge in [0.25, 0.3) is 11.8 Å². The minimum absolute atomic E-state index is 0.0460. The van der Waals surface area contributed by atoms with Crippen molar-refractivity contribution in [1.82, 2.24) is 20.0 Å². The molecule has 1 aromatic rings. The van der Waals surface area contributed by atoms with Crippen LogP contribution in [0.1, 0.15) is 41.6 Å². The molecule has 180 valence electrons. The number of amides is 3. The number of nitrogens with one attached hydrogen (secondary N) is 1. The molecule has 8 nitrogen and oxygen atoms in total. The van der Waals surface area contributed by atoms with Gasteiger partial charge >= 0.3 is 0 Å². The van der Waals surface area contributed by atoms with E-state index in [0.717, 1.165) is 42.8 Å². The Kier molecular flexibility index (Phi) is 6.04. The van der Waals surface area contributed by atoms with Crippen molar-refractivity contribution in [1.29, 1.82) is 0 Å². The van der Waals surface area contributed by atoms with Crippen LogP contribution in [-0.2, 0) is 9.59 Å². The predicted molar refractivity (Wildman–Crippen MR) is 128 cm³/mol. The number of aliphatic hydroxyl groups is 1. The summed E-state index contributed by atoms with van der Waals surface area (Å²) in [6, 6.07) is 7.58. The maximum atomic E-state index is 13.0. The van der Waals surface area contributed by atoms with Gasteiger partial charge in [-0.1, -0.05) is 18.2 Å². The van der Waals surface area contributed by atoms with E-state index in [-0.39, 0.29) is 23.6 Å². The lowest BCUT2D eigenvalue weighted by atomic mass is 9.95. The molecule has 0 aromatic heterocycles. The van der Waals surface area contributed by atoms with Crippen LogP contribution < -0.4 is 5.32 Å². The zero-order valence-corrected chi connectivity index (χ0v) is 19.6. The number of carbonyl (C=O) groups is 3. The number of hydrogen-bond acceptors (Lipinski definition) is 5. The fourth-order valence-corrected chi connectivity index (χ4v) is 4.85. The maximum Gasteiger partial charge on any atom is 0.254 e. The Bertz CT molecular complexity index is 1040. The second kappa shape index (κ2) is 9.00. The van der Waals surface area contributed by atoms with Crippen LogP contribution in [-0.4, -0.2) is 89.4 Å². The van der Waals surface area contributed by atoms with Crippen molar-refractivity contribution in [3.63, 3.8) is 0 Å². The molecule has 1 saturated carbocycles. The van der Waals surface area contributed by atoms with Gasteiger partial charge in [0.15, 0.2) is 0 Å². The highest BCUT2D eigenvalue weighted by Gasteiger charge is 2.50. The van der Waals surface area contributed by atoms with Crippen LogP contribution in [0.25, 0.3) is 5.57 Å². The molecule has 0 radical (unpaired) electrons. The predicted octanol–water partition coefficient (Wildman–Crippen LogP) is 1.23. The van der Waals surface area contributed by atoms with Crippen molar-refractivity contribution in [3.05, 3.63) is 53.2 Å². The molecule has 0 unspecified atom stereocenters. The highest BCUT2D eigenvalue weighted by molar-refractivity contribution is 5.95. The van der Waals surface area contributed by atoms with E-state index in [1.165, 1.54) is 0 Å². The number of likely N-dealkylation sites (tertiary alicyclic amines) is 1. The molecule has 1 aromatic carbocycles. The summed E-state index contributed by atoms with van der Waals surface area (Å²) in [5.41, 5.74) is 2.48. The first-order valence-electron chi connectivity index (χ1n) is 12.1. The van der Waals surface area contributed by atoms with Gasteiger partial charge in [0.2, 0.25) is 5.91 Å². The monoisotopic (exact) mass is 464 g/mol. The summed E-state index contributed by atoms with van der Waals surface area (Å²) in [6.07, 6.45) is 6.95. The molecule has 5 rings (SSSR count). The first kappa shape index (κ1) is 22.8. The molecule has 0 atom stereocenters. The average Bonchev–Trinajstić information content (AvgIpc) is 3.60. The first-order chi connectivity index (χ1) is 16.3. The molecule has 2 aliphatic heterocycles. The fourth-order valence-electron chi connectivity index (χ4n) is 4.85. The van der Waals surface area contributed by atoms with E-state index >= 15 is 0 Å². The summed E-state index contributed by atoms with van der Waals surface area (Å²) < 4.78 is 0. The van der Waals surface area contributed by atoms with E-state index in [0.29, 0.717) is 44.6 Å². The average molecular weight is 465 g/mol. The molecule has 34 heavy (non-hydrogen) atoms. The van der Waals surface area contributed by atoms with E-state index < -0.39 is 5.60 Å². The number of hydrogen-bond donors (Lipinski definition) is 2. The molecule has 2 N–H and O–H groups in total. The lowest BCUT2D eigenvalue weighted by molar-refractivity contribution is -0.144. The minimum atomic E-state index is -1.15. The molecule has 3 amide bonds. The van der Waals surface area contributed by atoms with Gasteiger partial charge in [-0.2, -0.15) is 0 Å². The Morgan fingerprint density at radius 3 is 2.26 bits per heavy atom. The van der Waals surface area contributed by atoms with E-state index in [1.54, 1.807) is 9.80 Å². The van der Waals surface area contributed by atoms with Crippen molar-refractivity contribution in [3.8, 4) is 0 Å². The van der Waals surface area contributed by atoms with Crippen LogP contribution in [0, 0.1) is 5.92 Å². The highest BCUT2D eigenvalue weighted by atomic mass is 16.3. The highest BCUT2D eigenvalue weighted by Crippen LogP contribution is 2.37. The van der Waals surface area contributed by atoms with Crippen molar-refractivity contribution in [2.45, 2.75) is 31.3 Å². The normalized spacial score (nSPS) is 22.4. The fraction of sp³-hybridized carbons (Fsp3) is 0.500. The molecule has 2 saturated heterocycles. The van der Waals surface area contributed by atoms with Gasteiger partial charge in [-0.15, -0.1) is 0 Å². The second-order valence-electron chi connectivity index (χ2n) is 9.97. The van der Waals surface area contributed by atoms with Crippen LogP contribution in [0.4, 0.5) is 0 Å². The summed E-state index contributed by atoms with van der Waals surface area (Å²) >= 11 is 0. The summed E-state index contributed by atoms with van der Waals surface area (Å²) in [5, 5.41) is 13.1. The standard InChI is InChI=1S/C26H32N4O4/c1-28-16-21(17-28)23(31)27-22-4-2-3-20(15-22)18-5-7-19(8-6-18)24(32)29-11-13-30(14-12-29)25(33)26(34)9-10-26/h3,5-8,15,21,34H,2,4,9-14,16-17H2,1H3,(H,27,31). The number of nitrogens with zero attached hydrogens (tertiary/aromatic N) is 3. The third-order valence-electron chi connectivity index (χ3n) is 7.27. The Morgan fingerprint density at radius 2 is 1.65 bits per heavy atom. The zero-order valence-electron chi connectivity index (χ0n) is 19.6. The molecule has 3 fully saturated rings. The molecular weight excluding hydrogens is 432 g/mol. The van der Waals surface area contributed by atoms with Crippen LogP contribution in [0.3, 0.4) is 0 Å². The summed E-state index contributed by atoms with van der Waals surface area (Å²) in [6.45, 7) is 3.46. The number of piperazine rings is 1.